The van der Waals surface area contributed by atoms with Crippen LogP contribution in [0.4, 0.5) is 25.8 Å². The predicted molar refractivity (Wildman–Crippen MR) is 95.4 cm³/mol. The fraction of sp³-hybridized carbons (Fsp3) is 0.222. The molecule has 0 aliphatic heterocycles. The number of carbonyl (C=O) groups excluding carboxylic acids is 2. The van der Waals surface area contributed by atoms with E-state index < -0.39 is 23.6 Å². The minimum atomic E-state index is -1.04. The third kappa shape index (κ3) is 4.92. The molecule has 0 saturated carbocycles. The molecule has 3 N–H and O–H groups in total. The molecule has 0 bridgehead atoms. The number of halogens is 2. The zero-order chi connectivity index (χ0) is 19.3. The maximum atomic E-state index is 13.2. The molecule has 0 unspecified atom stereocenters. The molecule has 2 aromatic rings. The maximum Gasteiger partial charge on any atom is 0.246 e. The van der Waals surface area contributed by atoms with Crippen LogP contribution in [0, 0.1) is 11.6 Å². The van der Waals surface area contributed by atoms with Gasteiger partial charge in [-0.25, -0.2) is 8.78 Å². The Morgan fingerprint density at radius 1 is 1.00 bits per heavy atom. The molecule has 0 fully saturated rings. The van der Waals surface area contributed by atoms with Crippen molar-refractivity contribution in [2.45, 2.75) is 19.9 Å². The van der Waals surface area contributed by atoms with Crippen molar-refractivity contribution in [3.63, 3.8) is 0 Å². The summed E-state index contributed by atoms with van der Waals surface area (Å²) in [4.78, 5) is 23.4. The van der Waals surface area contributed by atoms with Crippen molar-refractivity contribution in [1.82, 2.24) is 0 Å². The van der Waals surface area contributed by atoms with E-state index in [1.165, 1.54) is 20.1 Å². The molecule has 6 nitrogen and oxygen atoms in total. The van der Waals surface area contributed by atoms with Crippen molar-refractivity contribution in [3.8, 4) is 5.75 Å². The van der Waals surface area contributed by atoms with Gasteiger partial charge < -0.3 is 20.7 Å². The number of anilines is 3. The number of amides is 2. The average Bonchev–Trinajstić information content (AvgIpc) is 2.59. The number of benzene rings is 2. The maximum absolute atomic E-state index is 13.2. The monoisotopic (exact) mass is 363 g/mol. The molecule has 0 aliphatic rings. The predicted octanol–water partition coefficient (Wildman–Crippen LogP) is 3.37. The first-order valence-corrected chi connectivity index (χ1v) is 7.78. The highest BCUT2D eigenvalue weighted by Gasteiger charge is 2.15. The van der Waals surface area contributed by atoms with Gasteiger partial charge in [0.1, 0.15) is 11.8 Å². The lowest BCUT2D eigenvalue weighted by Crippen LogP contribution is -2.31. The van der Waals surface area contributed by atoms with Gasteiger partial charge in [0, 0.05) is 30.4 Å². The summed E-state index contributed by atoms with van der Waals surface area (Å²) >= 11 is 0. The molecule has 2 aromatic carbocycles. The molecule has 138 valence electrons. The van der Waals surface area contributed by atoms with E-state index >= 15 is 0 Å². The number of ether oxygens (including phenoxy) is 1. The van der Waals surface area contributed by atoms with Crippen LogP contribution in [0.25, 0.3) is 0 Å². The summed E-state index contributed by atoms with van der Waals surface area (Å²) in [5, 5.41) is 8.10. The fourth-order valence-corrected chi connectivity index (χ4v) is 2.21. The summed E-state index contributed by atoms with van der Waals surface area (Å²) in [6.45, 7) is 3.00. The number of rotatable bonds is 6. The largest absolute Gasteiger partial charge is 0.494 e. The van der Waals surface area contributed by atoms with Gasteiger partial charge >= 0.3 is 0 Å². The van der Waals surface area contributed by atoms with Gasteiger partial charge in [-0.1, -0.05) is 0 Å². The smallest absolute Gasteiger partial charge is 0.246 e. The molecular formula is C18H19F2N3O3. The van der Waals surface area contributed by atoms with Crippen molar-refractivity contribution >= 4 is 28.9 Å². The minimum Gasteiger partial charge on any atom is -0.494 e. The van der Waals surface area contributed by atoms with Crippen LogP contribution in [0.15, 0.2) is 36.4 Å². The average molecular weight is 363 g/mol. The third-order valence-corrected chi connectivity index (χ3v) is 3.48. The number of hydrogen-bond donors (Lipinski definition) is 3. The Labute approximate surface area is 149 Å². The van der Waals surface area contributed by atoms with Gasteiger partial charge in [-0.3, -0.25) is 9.59 Å². The lowest BCUT2D eigenvalue weighted by atomic mass is 10.2. The lowest BCUT2D eigenvalue weighted by Gasteiger charge is -2.17. The van der Waals surface area contributed by atoms with Crippen molar-refractivity contribution in [1.29, 1.82) is 0 Å². The Hall–Kier alpha value is -3.16. The van der Waals surface area contributed by atoms with Gasteiger partial charge in [-0.05, 0) is 31.2 Å². The molecule has 2 rings (SSSR count). The molecule has 0 saturated heterocycles. The molecule has 0 aliphatic carbocycles. The molecule has 2 amide bonds. The van der Waals surface area contributed by atoms with Gasteiger partial charge in [0.15, 0.2) is 11.6 Å². The molecule has 0 heterocycles. The highest BCUT2D eigenvalue weighted by atomic mass is 19.2. The number of carbonyl (C=O) groups is 2. The lowest BCUT2D eigenvalue weighted by molar-refractivity contribution is -0.116. The van der Waals surface area contributed by atoms with Crippen LogP contribution in [0.3, 0.4) is 0 Å². The van der Waals surface area contributed by atoms with Crippen LogP contribution in [-0.4, -0.2) is 25.0 Å². The Bertz CT molecular complexity index is 827. The van der Waals surface area contributed by atoms with E-state index in [1.54, 1.807) is 25.1 Å². The normalized spacial score (nSPS) is 11.4. The van der Waals surface area contributed by atoms with E-state index in [2.05, 4.69) is 16.0 Å². The molecule has 0 aromatic heterocycles. The first kappa shape index (κ1) is 19.2. The van der Waals surface area contributed by atoms with Gasteiger partial charge in [0.05, 0.1) is 12.8 Å². The van der Waals surface area contributed by atoms with Crippen molar-refractivity contribution < 1.29 is 23.1 Å². The number of methoxy groups -OCH3 is 1. The highest BCUT2D eigenvalue weighted by molar-refractivity contribution is 5.96. The topological polar surface area (TPSA) is 79.5 Å². The van der Waals surface area contributed by atoms with Crippen molar-refractivity contribution in [3.05, 3.63) is 48.0 Å². The molecule has 0 radical (unpaired) electrons. The number of hydrogen-bond acceptors (Lipinski definition) is 4. The second kappa shape index (κ2) is 8.28. The quantitative estimate of drug-likeness (QED) is 0.735. The van der Waals surface area contributed by atoms with E-state index in [-0.39, 0.29) is 11.6 Å². The van der Waals surface area contributed by atoms with Crippen LogP contribution in [0.1, 0.15) is 13.8 Å². The molecule has 0 spiro atoms. The van der Waals surface area contributed by atoms with E-state index in [1.807, 2.05) is 0 Å². The van der Waals surface area contributed by atoms with Gasteiger partial charge in [-0.15, -0.1) is 0 Å². The molecule has 26 heavy (non-hydrogen) atoms. The standard InChI is InChI=1S/C18H19F2N3O3/c1-10(18(25)23-12-4-6-14(19)15(20)8-12)21-13-5-7-16(22-11(2)24)17(9-13)26-3/h4-10,21H,1-3H3,(H,22,24)(H,23,25)/t10-/m0/s1. The second-order valence-electron chi connectivity index (χ2n) is 5.58. The zero-order valence-electron chi connectivity index (χ0n) is 14.5. The van der Waals surface area contributed by atoms with Crippen LogP contribution >= 0.6 is 0 Å². The summed E-state index contributed by atoms with van der Waals surface area (Å²) in [7, 11) is 1.46. The van der Waals surface area contributed by atoms with Crippen LogP contribution in [-0.2, 0) is 9.59 Å². The first-order chi connectivity index (χ1) is 12.3. The van der Waals surface area contributed by atoms with Crippen molar-refractivity contribution in [2.75, 3.05) is 23.1 Å². The van der Waals surface area contributed by atoms with E-state index in [0.29, 0.717) is 17.1 Å². The Morgan fingerprint density at radius 2 is 1.69 bits per heavy atom. The zero-order valence-corrected chi connectivity index (χ0v) is 14.5. The van der Waals surface area contributed by atoms with Crippen LogP contribution in [0.2, 0.25) is 0 Å². The Kier molecular flexibility index (Phi) is 6.11. The SMILES string of the molecule is COc1cc(N[C@@H](C)C(=O)Nc2ccc(F)c(F)c2)ccc1NC(C)=O. The van der Waals surface area contributed by atoms with E-state index in [9.17, 15) is 18.4 Å². The van der Waals surface area contributed by atoms with Gasteiger partial charge in [-0.2, -0.15) is 0 Å². The summed E-state index contributed by atoms with van der Waals surface area (Å²) in [6.07, 6.45) is 0. The summed E-state index contributed by atoms with van der Waals surface area (Å²) in [5.41, 5.74) is 1.24. The van der Waals surface area contributed by atoms with Crippen LogP contribution in [0.5, 0.6) is 5.75 Å². The minimum absolute atomic E-state index is 0.154. The van der Waals surface area contributed by atoms with E-state index in [4.69, 9.17) is 4.74 Å². The molecule has 1 atom stereocenters. The number of nitrogens with one attached hydrogen (secondary N) is 3. The van der Waals surface area contributed by atoms with Gasteiger partial charge in [0.25, 0.3) is 0 Å². The Balaban J connectivity index is 2.05. The summed E-state index contributed by atoms with van der Waals surface area (Å²) < 4.78 is 31.3. The highest BCUT2D eigenvalue weighted by Crippen LogP contribution is 2.28. The van der Waals surface area contributed by atoms with Crippen LogP contribution < -0.4 is 20.7 Å². The summed E-state index contributed by atoms with van der Waals surface area (Å²) in [5.74, 6) is -2.26. The third-order valence-electron chi connectivity index (χ3n) is 3.48. The fourth-order valence-electron chi connectivity index (χ4n) is 2.21. The molecule has 8 heteroatoms. The second-order valence-corrected chi connectivity index (χ2v) is 5.58. The van der Waals surface area contributed by atoms with Gasteiger partial charge in [0.2, 0.25) is 11.8 Å². The Morgan fingerprint density at radius 3 is 2.31 bits per heavy atom. The van der Waals surface area contributed by atoms with Crippen molar-refractivity contribution in [2.24, 2.45) is 0 Å². The first-order valence-electron chi connectivity index (χ1n) is 7.78. The summed E-state index contributed by atoms with van der Waals surface area (Å²) in [6, 6.07) is 7.40. The van der Waals surface area contributed by atoms with E-state index in [0.717, 1.165) is 12.1 Å². The molecular weight excluding hydrogens is 344 g/mol.